The van der Waals surface area contributed by atoms with Crippen LogP contribution in [-0.4, -0.2) is 35.3 Å². The smallest absolute Gasteiger partial charge is 0.0624 e. The minimum atomic E-state index is 0.00463. The molecule has 0 amide bonds. The van der Waals surface area contributed by atoms with Crippen LogP contribution in [0.1, 0.15) is 13.3 Å². The van der Waals surface area contributed by atoms with Crippen molar-refractivity contribution in [1.29, 1.82) is 0 Å². The van der Waals surface area contributed by atoms with Gasteiger partial charge in [0.1, 0.15) is 0 Å². The van der Waals surface area contributed by atoms with E-state index in [0.717, 1.165) is 6.42 Å². The summed E-state index contributed by atoms with van der Waals surface area (Å²) in [4.78, 5) is 0. The van der Waals surface area contributed by atoms with Gasteiger partial charge in [0, 0.05) is 5.25 Å². The maximum absolute atomic E-state index is 9.11. The van der Waals surface area contributed by atoms with Gasteiger partial charge in [-0.15, -0.1) is 0 Å². The van der Waals surface area contributed by atoms with Gasteiger partial charge in [-0.25, -0.2) is 0 Å². The van der Waals surface area contributed by atoms with Crippen molar-refractivity contribution in [2.45, 2.75) is 24.1 Å². The number of thioether (sulfide) groups is 1. The zero-order valence-corrected chi connectivity index (χ0v) is 7.37. The summed E-state index contributed by atoms with van der Waals surface area (Å²) >= 11 is 1.93. The Morgan fingerprint density at radius 1 is 1.80 bits per heavy atom. The molecule has 1 saturated heterocycles. The fourth-order valence-corrected chi connectivity index (χ4v) is 2.86. The summed E-state index contributed by atoms with van der Waals surface area (Å²) in [6.07, 6.45) is 1.09. The first-order chi connectivity index (χ1) is 4.75. The summed E-state index contributed by atoms with van der Waals surface area (Å²) in [7, 11) is 1.93. The van der Waals surface area contributed by atoms with E-state index >= 15 is 0 Å². The summed E-state index contributed by atoms with van der Waals surface area (Å²) in [6, 6.07) is 0. The molecule has 0 aromatic rings. The normalized spacial score (nSPS) is 40.5. The maximum Gasteiger partial charge on any atom is 0.0624 e. The molecule has 3 heteroatoms. The third-order valence-corrected chi connectivity index (χ3v) is 3.87. The third-order valence-electron chi connectivity index (χ3n) is 2.47. The molecule has 1 aliphatic rings. The van der Waals surface area contributed by atoms with Crippen LogP contribution >= 0.6 is 11.8 Å². The number of rotatable bonds is 2. The van der Waals surface area contributed by atoms with Crippen LogP contribution in [0, 0.1) is 0 Å². The van der Waals surface area contributed by atoms with E-state index in [0.29, 0.717) is 5.25 Å². The van der Waals surface area contributed by atoms with E-state index in [2.05, 4.69) is 12.2 Å². The molecule has 2 N–H and O–H groups in total. The van der Waals surface area contributed by atoms with Crippen molar-refractivity contribution in [1.82, 2.24) is 5.32 Å². The van der Waals surface area contributed by atoms with Crippen LogP contribution in [0.2, 0.25) is 0 Å². The lowest BCUT2D eigenvalue weighted by atomic mass is 9.94. The highest BCUT2D eigenvalue weighted by Gasteiger charge is 2.38. The predicted octanol–water partition coefficient (Wildman–Crippen LogP) is 0.462. The van der Waals surface area contributed by atoms with Gasteiger partial charge in [-0.2, -0.15) is 11.8 Å². The Balaban J connectivity index is 2.61. The summed E-state index contributed by atoms with van der Waals surface area (Å²) in [5.41, 5.74) is 0.00463. The lowest BCUT2D eigenvalue weighted by Gasteiger charge is -2.30. The first-order valence-electron chi connectivity index (χ1n) is 3.66. The van der Waals surface area contributed by atoms with E-state index in [4.69, 9.17) is 5.11 Å². The lowest BCUT2D eigenvalue weighted by Crippen LogP contribution is -2.50. The molecule has 2 atom stereocenters. The Morgan fingerprint density at radius 2 is 2.50 bits per heavy atom. The van der Waals surface area contributed by atoms with Gasteiger partial charge in [0.15, 0.2) is 0 Å². The SMILES string of the molecule is CNC1(CO)CCSC1C. The second kappa shape index (κ2) is 3.11. The van der Waals surface area contributed by atoms with Crippen LogP contribution in [0.3, 0.4) is 0 Å². The summed E-state index contributed by atoms with van der Waals surface area (Å²) in [5, 5.41) is 12.9. The summed E-state index contributed by atoms with van der Waals surface area (Å²) in [6.45, 7) is 2.43. The lowest BCUT2D eigenvalue weighted by molar-refractivity contribution is 0.171. The number of nitrogens with one attached hydrogen (secondary N) is 1. The monoisotopic (exact) mass is 161 g/mol. The van der Waals surface area contributed by atoms with Crippen LogP contribution in [0.15, 0.2) is 0 Å². The Bertz CT molecular complexity index is 114. The van der Waals surface area contributed by atoms with Gasteiger partial charge >= 0.3 is 0 Å². The average molecular weight is 161 g/mol. The first-order valence-corrected chi connectivity index (χ1v) is 4.71. The second-order valence-corrected chi connectivity index (χ2v) is 4.28. The molecule has 0 spiro atoms. The van der Waals surface area contributed by atoms with Gasteiger partial charge in [0.2, 0.25) is 0 Å². The van der Waals surface area contributed by atoms with E-state index in [1.807, 2.05) is 18.8 Å². The third kappa shape index (κ3) is 1.18. The van der Waals surface area contributed by atoms with E-state index in [9.17, 15) is 0 Å². The highest BCUT2D eigenvalue weighted by atomic mass is 32.2. The second-order valence-electron chi connectivity index (χ2n) is 2.83. The molecular formula is C7H15NOS. The van der Waals surface area contributed by atoms with Crippen molar-refractivity contribution in [2.24, 2.45) is 0 Å². The van der Waals surface area contributed by atoms with Gasteiger partial charge < -0.3 is 10.4 Å². The number of likely N-dealkylation sites (N-methyl/N-ethyl adjacent to an activating group) is 1. The van der Waals surface area contributed by atoms with E-state index in [1.165, 1.54) is 5.75 Å². The van der Waals surface area contributed by atoms with Gasteiger partial charge in [-0.1, -0.05) is 6.92 Å². The Morgan fingerprint density at radius 3 is 2.70 bits per heavy atom. The zero-order valence-electron chi connectivity index (χ0n) is 6.55. The van der Waals surface area contributed by atoms with Gasteiger partial charge in [-0.05, 0) is 19.2 Å². The highest BCUT2D eigenvalue weighted by Crippen LogP contribution is 2.34. The Hall–Kier alpha value is 0.270. The van der Waals surface area contributed by atoms with Crippen LogP contribution in [-0.2, 0) is 0 Å². The standard InChI is InChI=1S/C7H15NOS/c1-6-7(5-9,8-2)3-4-10-6/h6,8-9H,3-5H2,1-2H3. The fourth-order valence-electron chi connectivity index (χ4n) is 1.40. The molecule has 0 aromatic carbocycles. The first kappa shape index (κ1) is 8.37. The van der Waals surface area contributed by atoms with Crippen molar-refractivity contribution in [3.05, 3.63) is 0 Å². The molecule has 60 valence electrons. The van der Waals surface area contributed by atoms with Crippen molar-refractivity contribution in [3.8, 4) is 0 Å². The molecule has 2 nitrogen and oxygen atoms in total. The van der Waals surface area contributed by atoms with E-state index < -0.39 is 0 Å². The molecule has 0 bridgehead atoms. The molecule has 1 rings (SSSR count). The van der Waals surface area contributed by atoms with Gasteiger partial charge in [0.05, 0.1) is 12.1 Å². The zero-order chi connectivity index (χ0) is 7.61. The minimum Gasteiger partial charge on any atom is -0.394 e. The highest BCUT2D eigenvalue weighted by molar-refractivity contribution is 8.00. The number of hydrogen-bond donors (Lipinski definition) is 2. The molecule has 0 aromatic heterocycles. The van der Waals surface area contributed by atoms with Crippen molar-refractivity contribution in [2.75, 3.05) is 19.4 Å². The topological polar surface area (TPSA) is 32.3 Å². The molecule has 10 heavy (non-hydrogen) atoms. The van der Waals surface area contributed by atoms with Gasteiger partial charge in [0.25, 0.3) is 0 Å². The molecular weight excluding hydrogens is 146 g/mol. The molecule has 0 aliphatic carbocycles. The van der Waals surface area contributed by atoms with Gasteiger partial charge in [-0.3, -0.25) is 0 Å². The minimum absolute atomic E-state index is 0.00463. The molecule has 1 fully saturated rings. The quantitative estimate of drug-likeness (QED) is 0.617. The summed E-state index contributed by atoms with van der Waals surface area (Å²) < 4.78 is 0. The molecule has 2 unspecified atom stereocenters. The van der Waals surface area contributed by atoms with Crippen LogP contribution < -0.4 is 5.32 Å². The largest absolute Gasteiger partial charge is 0.394 e. The number of aliphatic hydroxyl groups is 1. The van der Waals surface area contributed by atoms with Crippen LogP contribution in [0.4, 0.5) is 0 Å². The number of aliphatic hydroxyl groups excluding tert-OH is 1. The van der Waals surface area contributed by atoms with E-state index in [-0.39, 0.29) is 12.1 Å². The fraction of sp³-hybridized carbons (Fsp3) is 1.00. The Kier molecular flexibility index (Phi) is 2.61. The molecule has 0 radical (unpaired) electrons. The van der Waals surface area contributed by atoms with Crippen LogP contribution in [0.25, 0.3) is 0 Å². The summed E-state index contributed by atoms with van der Waals surface area (Å²) in [5.74, 6) is 1.17. The van der Waals surface area contributed by atoms with Crippen molar-refractivity contribution >= 4 is 11.8 Å². The number of hydrogen-bond acceptors (Lipinski definition) is 3. The predicted molar refractivity (Wildman–Crippen MR) is 45.4 cm³/mol. The molecule has 0 saturated carbocycles. The van der Waals surface area contributed by atoms with Crippen molar-refractivity contribution in [3.63, 3.8) is 0 Å². The average Bonchev–Trinajstić information content (AvgIpc) is 2.32. The molecule has 1 heterocycles. The maximum atomic E-state index is 9.11. The van der Waals surface area contributed by atoms with Crippen LogP contribution in [0.5, 0.6) is 0 Å². The van der Waals surface area contributed by atoms with Crippen molar-refractivity contribution < 1.29 is 5.11 Å². The van der Waals surface area contributed by atoms with E-state index in [1.54, 1.807) is 0 Å². The molecule has 1 aliphatic heterocycles. The Labute approximate surface area is 66.4 Å².